The van der Waals surface area contributed by atoms with Gasteiger partial charge in [-0.25, -0.2) is 0 Å². The van der Waals surface area contributed by atoms with Gasteiger partial charge in [0.2, 0.25) is 23.6 Å². The van der Waals surface area contributed by atoms with Gasteiger partial charge in [0, 0.05) is 24.2 Å². The number of carbonyl (C=O) groups excluding carboxylic acids is 4. The van der Waals surface area contributed by atoms with E-state index in [1.165, 1.54) is 0 Å². The maximum absolute atomic E-state index is 13.5. The zero-order valence-corrected chi connectivity index (χ0v) is 40.7. The lowest BCUT2D eigenvalue weighted by Gasteiger charge is -2.24. The van der Waals surface area contributed by atoms with E-state index in [1.807, 2.05) is 151 Å². The maximum atomic E-state index is 13.5. The molecule has 0 atom stereocenters. The summed E-state index contributed by atoms with van der Waals surface area (Å²) in [6, 6.07) is 43.5. The molecule has 0 saturated carbocycles. The van der Waals surface area contributed by atoms with Crippen molar-refractivity contribution in [3.05, 3.63) is 179 Å². The van der Waals surface area contributed by atoms with Gasteiger partial charge in [0.25, 0.3) is 0 Å². The van der Waals surface area contributed by atoms with Crippen LogP contribution < -0.4 is 21.3 Å². The van der Waals surface area contributed by atoms with Gasteiger partial charge in [-0.05, 0) is 113 Å². The average molecular weight is 933 g/mol. The van der Waals surface area contributed by atoms with Crippen LogP contribution in [0, 0.1) is 0 Å². The molecule has 0 bridgehead atoms. The number of hydrogen-bond donors (Lipinski definition) is 6. The highest BCUT2D eigenvalue weighted by atomic mass is 16.3. The van der Waals surface area contributed by atoms with Crippen LogP contribution in [-0.4, -0.2) is 33.8 Å². The van der Waals surface area contributed by atoms with E-state index in [4.69, 9.17) is 0 Å². The van der Waals surface area contributed by atoms with E-state index in [-0.39, 0.29) is 59.6 Å². The van der Waals surface area contributed by atoms with Crippen LogP contribution in [0.1, 0.15) is 87.8 Å². The monoisotopic (exact) mass is 932 g/mol. The van der Waals surface area contributed by atoms with Crippen molar-refractivity contribution in [1.29, 1.82) is 0 Å². The van der Waals surface area contributed by atoms with E-state index in [0.29, 0.717) is 16.7 Å². The molecule has 0 radical (unpaired) electrons. The predicted octanol–water partition coefficient (Wildman–Crippen LogP) is 11.9. The molecule has 0 aliphatic carbocycles. The van der Waals surface area contributed by atoms with Gasteiger partial charge >= 0.3 is 0 Å². The Kier molecular flexibility index (Phi) is 13.8. The summed E-state index contributed by atoms with van der Waals surface area (Å²) in [4.78, 5) is 53.5. The number of hydrogen-bond acceptors (Lipinski definition) is 6. The molecule has 0 unspecified atom stereocenters. The third kappa shape index (κ3) is 11.0. The first kappa shape index (κ1) is 48.5. The number of phenolic OH excluding ortho intramolecular Hbond substituents is 2. The van der Waals surface area contributed by atoms with E-state index < -0.39 is 36.5 Å². The van der Waals surface area contributed by atoms with Crippen molar-refractivity contribution in [3.8, 4) is 11.5 Å². The highest BCUT2D eigenvalue weighted by Crippen LogP contribution is 2.39. The maximum Gasteiger partial charge on any atom is 0.233 e. The molecule has 0 fully saturated rings. The first-order valence-electron chi connectivity index (χ1n) is 23.6. The van der Waals surface area contributed by atoms with Gasteiger partial charge in [-0.3, -0.25) is 19.2 Å². The fourth-order valence-corrected chi connectivity index (χ4v) is 9.09. The van der Waals surface area contributed by atoms with Crippen LogP contribution >= 0.6 is 0 Å². The molecule has 10 heteroatoms. The van der Waals surface area contributed by atoms with Gasteiger partial charge < -0.3 is 31.5 Å². The van der Waals surface area contributed by atoms with Crippen LogP contribution in [0.3, 0.4) is 0 Å². The largest absolute Gasteiger partial charge is 0.505 e. The SMILES string of the molecule is C=C(Cc1cc(C(C)(C)C)cc(NC(=O)CC(=O)NCc2c3ccccc3cc3ccccc23)c1O)Cc1cc(C(C)(C)C)cc(NC(=O)CC(=O)NCc2c3ccccc3cc3ccccc23)c1O. The predicted molar refractivity (Wildman–Crippen MR) is 283 cm³/mol. The number of allylic oxidation sites excluding steroid dienone is 1. The Labute approximate surface area is 408 Å². The Balaban J connectivity index is 0.941. The molecule has 8 aromatic rings. The van der Waals surface area contributed by atoms with Crippen LogP contribution in [0.5, 0.6) is 11.5 Å². The topological polar surface area (TPSA) is 157 Å². The molecule has 6 N–H and O–H groups in total. The zero-order chi connectivity index (χ0) is 49.9. The lowest BCUT2D eigenvalue weighted by Crippen LogP contribution is -2.28. The number of aromatic hydroxyl groups is 2. The molecule has 0 aliphatic rings. The molecule has 0 heterocycles. The molecule has 10 nitrogen and oxygen atoms in total. The lowest BCUT2D eigenvalue weighted by molar-refractivity contribution is -0.128. The number of nitrogens with one attached hydrogen (secondary N) is 4. The second kappa shape index (κ2) is 19.9. The van der Waals surface area contributed by atoms with Crippen molar-refractivity contribution in [2.24, 2.45) is 0 Å². The van der Waals surface area contributed by atoms with Gasteiger partial charge in [0.15, 0.2) is 0 Å². The van der Waals surface area contributed by atoms with E-state index >= 15 is 0 Å². The van der Waals surface area contributed by atoms with Crippen LogP contribution in [0.25, 0.3) is 43.1 Å². The number of anilines is 2. The van der Waals surface area contributed by atoms with Gasteiger partial charge in [0.05, 0.1) is 11.4 Å². The van der Waals surface area contributed by atoms with Gasteiger partial charge in [0.1, 0.15) is 24.3 Å². The molecular weight excluding hydrogens is 873 g/mol. The minimum absolute atomic E-state index is 0.155. The Morgan fingerprint density at radius 3 is 1.09 bits per heavy atom. The molecule has 0 aliphatic heterocycles. The van der Waals surface area contributed by atoms with Gasteiger partial charge in [-0.2, -0.15) is 0 Å². The fourth-order valence-electron chi connectivity index (χ4n) is 9.09. The van der Waals surface area contributed by atoms with Gasteiger partial charge in [-0.15, -0.1) is 0 Å². The van der Waals surface area contributed by atoms with E-state index in [9.17, 15) is 29.4 Å². The summed E-state index contributed by atoms with van der Waals surface area (Å²) in [7, 11) is 0. The normalized spacial score (nSPS) is 11.7. The molecule has 8 rings (SSSR count). The molecule has 70 heavy (non-hydrogen) atoms. The van der Waals surface area contributed by atoms with Crippen molar-refractivity contribution in [1.82, 2.24) is 10.6 Å². The van der Waals surface area contributed by atoms with E-state index in [2.05, 4.69) is 40.0 Å². The molecule has 0 aromatic heterocycles. The van der Waals surface area contributed by atoms with Crippen molar-refractivity contribution >= 4 is 78.1 Å². The van der Waals surface area contributed by atoms with Crippen molar-refractivity contribution in [3.63, 3.8) is 0 Å². The zero-order valence-electron chi connectivity index (χ0n) is 40.7. The van der Waals surface area contributed by atoms with Crippen LogP contribution in [0.15, 0.2) is 146 Å². The van der Waals surface area contributed by atoms with Crippen molar-refractivity contribution in [2.75, 3.05) is 10.6 Å². The number of amides is 4. The minimum atomic E-state index is -0.583. The molecular formula is C60H60N4O6. The Bertz CT molecular complexity index is 3050. The second-order valence-electron chi connectivity index (χ2n) is 20.3. The van der Waals surface area contributed by atoms with E-state index in [1.54, 1.807) is 12.1 Å². The first-order valence-corrected chi connectivity index (χ1v) is 23.6. The first-order chi connectivity index (χ1) is 33.3. The van der Waals surface area contributed by atoms with Crippen LogP contribution in [-0.2, 0) is 55.9 Å². The number of benzene rings is 8. The Hall–Kier alpha value is -7.98. The third-order valence-corrected chi connectivity index (χ3v) is 12.9. The summed E-state index contributed by atoms with van der Waals surface area (Å²) in [5, 5.41) is 43.1. The smallest absolute Gasteiger partial charge is 0.233 e. The van der Waals surface area contributed by atoms with Crippen LogP contribution in [0.2, 0.25) is 0 Å². The molecule has 0 saturated heterocycles. The molecule has 4 amide bonds. The highest BCUT2D eigenvalue weighted by molar-refractivity contribution is 6.07. The van der Waals surface area contributed by atoms with Crippen molar-refractivity contribution < 1.29 is 29.4 Å². The third-order valence-electron chi connectivity index (χ3n) is 12.9. The van der Waals surface area contributed by atoms with E-state index in [0.717, 1.165) is 65.3 Å². The summed E-state index contributed by atoms with van der Waals surface area (Å²) in [6.07, 6.45) is -0.547. The average Bonchev–Trinajstić information content (AvgIpc) is 3.30. The minimum Gasteiger partial charge on any atom is -0.505 e. The standard InChI is InChI=1S/C60H60N4O6/c1-36(24-41-28-43(59(2,3)4)30-51(57(41)69)63-55(67)32-53(65)61-34-49-45-20-12-8-16-37(45)26-38-17-9-13-21-46(38)49)25-42-29-44(60(5,6)7)31-52(58(42)70)64-56(68)33-54(66)62-35-50-47-22-14-10-18-39(47)27-40-19-11-15-23-48(40)50/h8-23,26-31,69-70H,1,24-25,32-35H2,2-7H3,(H,61,65)(H,62,66)(H,63,67)(H,64,68). The van der Waals surface area contributed by atoms with Crippen molar-refractivity contribution in [2.45, 2.75) is 91.1 Å². The Morgan fingerprint density at radius 2 is 0.771 bits per heavy atom. The summed E-state index contributed by atoms with van der Waals surface area (Å²) in [5.41, 5.74) is 4.83. The fraction of sp³-hybridized carbons (Fsp3) is 0.233. The second-order valence-corrected chi connectivity index (χ2v) is 20.3. The summed E-state index contributed by atoms with van der Waals surface area (Å²) < 4.78 is 0. The quantitative estimate of drug-likeness (QED) is 0.0276. The molecule has 356 valence electrons. The highest BCUT2D eigenvalue weighted by Gasteiger charge is 2.24. The summed E-state index contributed by atoms with van der Waals surface area (Å²) in [5.74, 6) is -2.40. The van der Waals surface area contributed by atoms with Gasteiger partial charge in [-0.1, -0.05) is 163 Å². The molecule has 0 spiro atoms. The molecule has 8 aromatic carbocycles. The lowest BCUT2D eigenvalue weighted by atomic mass is 9.83. The Morgan fingerprint density at radius 1 is 0.457 bits per heavy atom. The summed E-state index contributed by atoms with van der Waals surface area (Å²) in [6.45, 7) is 16.9. The van der Waals surface area contributed by atoms with Crippen LogP contribution in [0.4, 0.5) is 11.4 Å². The number of rotatable bonds is 14. The number of carbonyl (C=O) groups is 4. The number of phenols is 2. The summed E-state index contributed by atoms with van der Waals surface area (Å²) >= 11 is 0. The number of fused-ring (bicyclic) bond motifs is 4.